The summed E-state index contributed by atoms with van der Waals surface area (Å²) in [5.74, 6) is -0.296. The molecule has 0 radical (unpaired) electrons. The summed E-state index contributed by atoms with van der Waals surface area (Å²) in [5, 5.41) is -4.14. The molecule has 0 unspecified atom stereocenters. The van der Waals surface area contributed by atoms with Gasteiger partial charge in [-0.05, 0) is 119 Å². The van der Waals surface area contributed by atoms with Gasteiger partial charge in [0.2, 0.25) is 0 Å². The Morgan fingerprint density at radius 2 is 1.15 bits per heavy atom. The predicted octanol–water partition coefficient (Wildman–Crippen LogP) is 16.6. The summed E-state index contributed by atoms with van der Waals surface area (Å²) >= 11 is 0. The average Bonchev–Trinajstić information content (AvgIpc) is 0.805. The van der Waals surface area contributed by atoms with E-state index in [1.807, 2.05) is 0 Å². The van der Waals surface area contributed by atoms with Crippen LogP contribution in [0.3, 0.4) is 0 Å². The first-order valence-corrected chi connectivity index (χ1v) is 28.3. The summed E-state index contributed by atoms with van der Waals surface area (Å²) in [7, 11) is -6.76. The van der Waals surface area contributed by atoms with Crippen molar-refractivity contribution in [1.29, 1.82) is 0 Å². The van der Waals surface area contributed by atoms with Crippen LogP contribution in [-0.2, 0) is 31.9 Å². The molecule has 5 nitrogen and oxygen atoms in total. The van der Waals surface area contributed by atoms with Gasteiger partial charge in [-0.1, -0.05) is 257 Å². The minimum absolute atomic E-state index is 0. The number of benzene rings is 11. The molecular weight excluding hydrogens is 1270 g/mol. The van der Waals surface area contributed by atoms with Gasteiger partial charge >= 0.3 is 0 Å². The van der Waals surface area contributed by atoms with Crippen molar-refractivity contribution >= 4 is 61.7 Å². The van der Waals surface area contributed by atoms with Crippen molar-refractivity contribution in [2.45, 2.75) is 57.8 Å². The van der Waals surface area contributed by atoms with Gasteiger partial charge in [0, 0.05) is 75.9 Å². The zero-order chi connectivity index (χ0) is 98.4. The van der Waals surface area contributed by atoms with Gasteiger partial charge in [0.25, 0.3) is 6.33 Å². The number of nitrogens with zero attached hydrogens (tertiary/aromatic N) is 4. The van der Waals surface area contributed by atoms with E-state index in [0.717, 1.165) is 29.0 Å². The molecular formula is C81H64N4OPtSi-2. The second-order valence-electron chi connectivity index (χ2n) is 19.7. The Bertz CT molecular complexity index is 7100. The quantitative estimate of drug-likeness (QED) is 0.0529. The minimum Gasteiger partial charge on any atom is -0.510 e. The zero-order valence-electron chi connectivity index (χ0n) is 90.9. The van der Waals surface area contributed by atoms with Crippen LogP contribution in [0.25, 0.3) is 83.4 Å². The number of para-hydroxylation sites is 4. The van der Waals surface area contributed by atoms with Gasteiger partial charge in [0.1, 0.15) is 5.82 Å². The smallest absolute Gasteiger partial charge is 0.268 e. The molecule has 1 aliphatic rings. The van der Waals surface area contributed by atoms with Gasteiger partial charge in [-0.2, -0.15) is 18.2 Å². The molecule has 88 heavy (non-hydrogen) atoms. The maximum Gasteiger partial charge on any atom is 0.268 e. The molecule has 0 saturated carbocycles. The standard InChI is InChI=1S/C81H64N4OSi.Pt/c1-56-49-78(82-54-71(56)57-25-10-6-11-26-57)85-74-40-19-18-37-69(74)70-45-44-62(53-77(70)85)86-61-29-23-28-60(52-61)83-55-84(76-42-21-20-41-75(76)83)79-67(38-24-39-68(79)59-43-46-72-73(51-59)81(4,5)48-47-80(72,2)3)58-27-22-36-66(50-58)87(63-30-12-7-13-31-63,64-32-14-8-15-33-64)65-34-16-9-17-35-65;/h6-46,49-51,54H,47-48H2,1-5H3;/q-2;/i1D3,2D3,3D3,4D3,5D3,6D,7D,8D,9D,10D,11D,12D,13D,14D,15D,16D,17D,22D,25D,26D,27D,30D,31D,32D,33D,34D,35D,36D,43D,46D,47D2,48D2,50D,51D;. The predicted molar refractivity (Wildman–Crippen MR) is 360 cm³/mol. The maximum absolute atomic E-state index is 11.0. The zero-order valence-corrected chi connectivity index (χ0v) is 48.2. The van der Waals surface area contributed by atoms with Crippen molar-refractivity contribution in [3.8, 4) is 62.1 Å². The second-order valence-corrected chi connectivity index (χ2v) is 23.2. The maximum atomic E-state index is 11.0. The minimum atomic E-state index is -6.76. The van der Waals surface area contributed by atoms with Crippen LogP contribution in [0.1, 0.15) is 120 Å². The first kappa shape index (κ1) is 25.0. The van der Waals surface area contributed by atoms with Gasteiger partial charge < -0.3 is 13.9 Å². The summed E-state index contributed by atoms with van der Waals surface area (Å²) in [5.41, 5.74) is -19.2. The molecule has 3 aromatic heterocycles. The fourth-order valence-electron chi connectivity index (χ4n) is 10.8. The third kappa shape index (κ3) is 9.67. The fourth-order valence-corrected chi connectivity index (χ4v) is 14.4. The Morgan fingerprint density at radius 1 is 0.545 bits per heavy atom. The summed E-state index contributed by atoms with van der Waals surface area (Å²) < 4.78 is 440. The molecule has 0 fully saturated rings. The number of ether oxygens (including phenoxy) is 1. The SMILES string of the molecule is [2H]c1c([2H])c([2H])c(-c2cnc(-n3c4[c-]c(Oc5[c-]c(-n6[c-][n+](-c7c(-c8c([2H])c([2H])c9c(c8[2H])C(C([2H])([2H])[2H])(C([2H])([2H])[2H])C([2H])([2H])C([2H])([2H])C9(C([2H])([2H])[2H])C([2H])([2H])[2H])cccc7-c7c([2H])c([2H])c([2H])c([Si](c8c([2H])c([2H])c([2H])c([2H])c8[2H])(c8c([2H])c([2H])c([2H])c([2H])c8[2H])c8c([2H])c([2H])c([2H])c([2H])c8[2H])c7[2H])c7ccccc76)ccc5)ccc4c4ccccc43)cc2C([2H])([2H])[2H])c([2H])c1[2H].[Pt]. The first-order valence-electron chi connectivity index (χ1n) is 49.3. The van der Waals surface area contributed by atoms with Gasteiger partial charge in [0.15, 0.2) is 8.07 Å². The fraction of sp³-hybridized carbons (Fsp3) is 0.111. The molecule has 11 aromatic carbocycles. The summed E-state index contributed by atoms with van der Waals surface area (Å²) in [6.07, 6.45) is -5.56. The van der Waals surface area contributed by atoms with E-state index in [1.54, 1.807) is 30.3 Å². The van der Waals surface area contributed by atoms with E-state index in [1.165, 1.54) is 63.7 Å². The number of pyridine rings is 1. The third-order valence-corrected chi connectivity index (χ3v) is 18.6. The number of hydrogen-bond donors (Lipinski definition) is 0. The topological polar surface area (TPSA) is 35.9 Å². The summed E-state index contributed by atoms with van der Waals surface area (Å²) in [6.45, 7) is -21.4. The van der Waals surface area contributed by atoms with Crippen LogP contribution < -0.4 is 30.1 Å². The van der Waals surface area contributed by atoms with Gasteiger partial charge in [-0.15, -0.1) is 29.7 Å². The van der Waals surface area contributed by atoms with Gasteiger partial charge in [-0.25, -0.2) is 4.98 Å². The number of aryl methyl sites for hydroxylation is 1. The molecule has 7 heteroatoms. The van der Waals surface area contributed by atoms with Crippen molar-refractivity contribution < 1.29 is 93.4 Å². The second kappa shape index (κ2) is 22.7. The van der Waals surface area contributed by atoms with E-state index in [0.29, 0.717) is 16.3 Å². The molecule has 430 valence electrons. The van der Waals surface area contributed by atoms with Crippen molar-refractivity contribution in [2.24, 2.45) is 0 Å². The van der Waals surface area contributed by atoms with Crippen molar-refractivity contribution in [3.05, 3.63) is 308 Å². The Labute approximate surface area is 595 Å². The number of aromatic nitrogens is 4. The molecule has 0 amide bonds. The molecule has 0 atom stereocenters. The molecule has 1 aliphatic carbocycles. The molecule has 14 aromatic rings. The van der Waals surface area contributed by atoms with E-state index in [2.05, 4.69) is 23.4 Å². The molecule has 3 heterocycles. The number of rotatable bonds is 12. The number of hydrogen-bond acceptors (Lipinski definition) is 2. The van der Waals surface area contributed by atoms with Crippen LogP contribution in [0.4, 0.5) is 0 Å². The van der Waals surface area contributed by atoms with E-state index in [-0.39, 0.29) is 66.2 Å². The van der Waals surface area contributed by atoms with Crippen LogP contribution in [0.2, 0.25) is 0 Å². The monoisotopic (exact) mass is 1380 g/mol. The Kier molecular flexibility index (Phi) is 6.43. The van der Waals surface area contributed by atoms with Gasteiger partial charge in [0.05, 0.1) is 53.7 Å². The van der Waals surface area contributed by atoms with Crippen molar-refractivity contribution in [1.82, 2.24) is 14.1 Å². The number of imidazole rings is 1. The van der Waals surface area contributed by atoms with Crippen molar-refractivity contribution in [3.63, 3.8) is 0 Å². The van der Waals surface area contributed by atoms with Crippen LogP contribution in [0.15, 0.2) is 272 Å². The average molecular weight is 1380 g/mol. The Morgan fingerprint density at radius 3 is 1.84 bits per heavy atom. The summed E-state index contributed by atoms with van der Waals surface area (Å²) in [6, 6.07) is -4.36. The van der Waals surface area contributed by atoms with E-state index >= 15 is 0 Å². The molecule has 0 bridgehead atoms. The molecule has 15 rings (SSSR count). The number of fused-ring (bicyclic) bond motifs is 5. The Hall–Kier alpha value is -9.45. The van der Waals surface area contributed by atoms with Crippen LogP contribution in [0, 0.1) is 25.3 Å². The van der Waals surface area contributed by atoms with E-state index in [4.69, 9.17) is 28.0 Å². The Balaban J connectivity index is 0.0000144. The normalized spacial score (nSPS) is 22.9. The summed E-state index contributed by atoms with van der Waals surface area (Å²) in [4.78, 5) is 4.63. The first-order chi connectivity index (χ1) is 61.5. The third-order valence-electron chi connectivity index (χ3n) is 14.6. The van der Waals surface area contributed by atoms with Crippen LogP contribution in [0.5, 0.6) is 11.5 Å². The van der Waals surface area contributed by atoms with Crippen LogP contribution >= 0.6 is 0 Å². The van der Waals surface area contributed by atoms with Crippen molar-refractivity contribution in [2.75, 3.05) is 0 Å². The molecule has 0 spiro atoms. The largest absolute Gasteiger partial charge is 0.510 e. The molecule has 0 saturated heterocycles. The van der Waals surface area contributed by atoms with E-state index in [9.17, 15) is 39.8 Å². The van der Waals surface area contributed by atoms with Gasteiger partial charge in [-0.3, -0.25) is 4.57 Å². The molecule has 0 aliphatic heterocycles. The van der Waals surface area contributed by atoms with E-state index < -0.39 is 300 Å². The molecule has 0 N–H and O–H groups in total. The van der Waals surface area contributed by atoms with Crippen LogP contribution in [-0.4, -0.2) is 22.2 Å².